The van der Waals surface area contributed by atoms with Gasteiger partial charge in [0, 0.05) is 12.6 Å². The molecule has 2 atom stereocenters. The van der Waals surface area contributed by atoms with Crippen LogP contribution < -0.4 is 5.32 Å². The number of ether oxygens (including phenoxy) is 1. The van der Waals surface area contributed by atoms with Crippen LogP contribution in [-0.4, -0.2) is 35.4 Å². The van der Waals surface area contributed by atoms with Gasteiger partial charge in [-0.1, -0.05) is 0 Å². The van der Waals surface area contributed by atoms with Crippen molar-refractivity contribution in [2.45, 2.75) is 51.4 Å². The van der Waals surface area contributed by atoms with Gasteiger partial charge in [0.05, 0.1) is 6.10 Å². The number of carbonyl (C=O) groups is 1. The molecule has 4 heteroatoms. The SMILES string of the molecule is CC1CC(NC(=O)C(C)(C)O)CCO1. The Bertz CT molecular complexity index is 210. The maximum atomic E-state index is 11.4. The average Bonchev–Trinajstić information content (AvgIpc) is 2.02. The molecular formula is C10H19NO3. The van der Waals surface area contributed by atoms with E-state index in [9.17, 15) is 9.90 Å². The van der Waals surface area contributed by atoms with Crippen LogP contribution >= 0.6 is 0 Å². The molecule has 82 valence electrons. The molecule has 0 aliphatic carbocycles. The van der Waals surface area contributed by atoms with Crippen molar-refractivity contribution >= 4 is 5.91 Å². The molecule has 0 bridgehead atoms. The number of aliphatic hydroxyl groups is 1. The molecule has 0 aromatic carbocycles. The molecule has 4 nitrogen and oxygen atoms in total. The summed E-state index contributed by atoms with van der Waals surface area (Å²) in [4.78, 5) is 11.4. The third kappa shape index (κ3) is 3.27. The highest BCUT2D eigenvalue weighted by atomic mass is 16.5. The third-order valence-corrected chi connectivity index (χ3v) is 2.38. The monoisotopic (exact) mass is 201 g/mol. The van der Waals surface area contributed by atoms with Crippen molar-refractivity contribution in [3.05, 3.63) is 0 Å². The molecule has 1 heterocycles. The largest absolute Gasteiger partial charge is 0.381 e. The van der Waals surface area contributed by atoms with Crippen LogP contribution in [0.3, 0.4) is 0 Å². The lowest BCUT2D eigenvalue weighted by molar-refractivity contribution is -0.138. The fourth-order valence-corrected chi connectivity index (χ4v) is 1.49. The van der Waals surface area contributed by atoms with E-state index < -0.39 is 5.60 Å². The highest BCUT2D eigenvalue weighted by Gasteiger charge is 2.28. The van der Waals surface area contributed by atoms with E-state index in [1.54, 1.807) is 0 Å². The molecule has 0 radical (unpaired) electrons. The molecule has 1 aliphatic heterocycles. The summed E-state index contributed by atoms with van der Waals surface area (Å²) in [5, 5.41) is 12.3. The predicted octanol–water partition coefficient (Wildman–Crippen LogP) is 0.441. The summed E-state index contributed by atoms with van der Waals surface area (Å²) < 4.78 is 5.36. The molecule has 2 N–H and O–H groups in total. The minimum Gasteiger partial charge on any atom is -0.381 e. The summed E-state index contributed by atoms with van der Waals surface area (Å²) in [6.45, 7) is 5.65. The second-order valence-electron chi connectivity index (χ2n) is 4.44. The van der Waals surface area contributed by atoms with Gasteiger partial charge in [-0.25, -0.2) is 0 Å². The van der Waals surface area contributed by atoms with Crippen LogP contribution in [0.15, 0.2) is 0 Å². The van der Waals surface area contributed by atoms with Gasteiger partial charge in [0.25, 0.3) is 5.91 Å². The van der Waals surface area contributed by atoms with Gasteiger partial charge in [0.2, 0.25) is 0 Å². The van der Waals surface area contributed by atoms with Crippen molar-refractivity contribution in [2.24, 2.45) is 0 Å². The zero-order valence-electron chi connectivity index (χ0n) is 9.04. The normalized spacial score (nSPS) is 28.6. The van der Waals surface area contributed by atoms with Crippen molar-refractivity contribution in [3.63, 3.8) is 0 Å². The summed E-state index contributed by atoms with van der Waals surface area (Å²) in [5.41, 5.74) is -1.29. The molecule has 0 saturated carbocycles. The second kappa shape index (κ2) is 4.28. The Morgan fingerprint density at radius 1 is 1.57 bits per heavy atom. The summed E-state index contributed by atoms with van der Waals surface area (Å²) in [7, 11) is 0. The molecule has 0 aromatic rings. The van der Waals surface area contributed by atoms with E-state index in [2.05, 4.69) is 5.32 Å². The van der Waals surface area contributed by atoms with E-state index in [1.807, 2.05) is 6.92 Å². The van der Waals surface area contributed by atoms with E-state index >= 15 is 0 Å². The highest BCUT2D eigenvalue weighted by molar-refractivity contribution is 5.84. The average molecular weight is 201 g/mol. The summed E-state index contributed by atoms with van der Waals surface area (Å²) in [6.07, 6.45) is 1.84. The minimum absolute atomic E-state index is 0.137. The number of hydrogen-bond acceptors (Lipinski definition) is 3. The third-order valence-electron chi connectivity index (χ3n) is 2.38. The van der Waals surface area contributed by atoms with Gasteiger partial charge in [-0.05, 0) is 33.6 Å². The fourth-order valence-electron chi connectivity index (χ4n) is 1.49. The molecule has 2 unspecified atom stereocenters. The fraction of sp³-hybridized carbons (Fsp3) is 0.900. The Morgan fingerprint density at radius 2 is 2.21 bits per heavy atom. The number of hydrogen-bond donors (Lipinski definition) is 2. The second-order valence-corrected chi connectivity index (χ2v) is 4.44. The summed E-state index contributed by atoms with van der Waals surface area (Å²) >= 11 is 0. The lowest BCUT2D eigenvalue weighted by atomic mass is 10.0. The van der Waals surface area contributed by atoms with Gasteiger partial charge >= 0.3 is 0 Å². The van der Waals surface area contributed by atoms with Crippen LogP contribution in [0.2, 0.25) is 0 Å². The smallest absolute Gasteiger partial charge is 0.251 e. The number of nitrogens with one attached hydrogen (secondary N) is 1. The zero-order chi connectivity index (χ0) is 10.8. The Labute approximate surface area is 84.6 Å². The molecule has 0 spiro atoms. The Hall–Kier alpha value is -0.610. The maximum absolute atomic E-state index is 11.4. The van der Waals surface area contributed by atoms with E-state index in [4.69, 9.17) is 4.74 Å². The topological polar surface area (TPSA) is 58.6 Å². The molecule has 1 aliphatic rings. The van der Waals surface area contributed by atoms with Crippen molar-refractivity contribution in [1.82, 2.24) is 5.32 Å². The van der Waals surface area contributed by atoms with E-state index in [1.165, 1.54) is 13.8 Å². The van der Waals surface area contributed by atoms with Gasteiger partial charge in [-0.15, -0.1) is 0 Å². The first-order valence-electron chi connectivity index (χ1n) is 5.04. The van der Waals surface area contributed by atoms with Crippen molar-refractivity contribution in [2.75, 3.05) is 6.61 Å². The Kier molecular flexibility index (Phi) is 3.50. The van der Waals surface area contributed by atoms with Crippen LogP contribution in [0, 0.1) is 0 Å². The van der Waals surface area contributed by atoms with Crippen LogP contribution in [0.25, 0.3) is 0 Å². The maximum Gasteiger partial charge on any atom is 0.251 e. The molecule has 14 heavy (non-hydrogen) atoms. The minimum atomic E-state index is -1.29. The summed E-state index contributed by atoms with van der Waals surface area (Å²) in [5.74, 6) is -0.309. The zero-order valence-corrected chi connectivity index (χ0v) is 9.04. The first kappa shape index (κ1) is 11.5. The van der Waals surface area contributed by atoms with Gasteiger partial charge < -0.3 is 15.2 Å². The Morgan fingerprint density at radius 3 is 2.71 bits per heavy atom. The van der Waals surface area contributed by atoms with E-state index in [0.29, 0.717) is 6.61 Å². The van der Waals surface area contributed by atoms with Gasteiger partial charge in [0.15, 0.2) is 0 Å². The van der Waals surface area contributed by atoms with Crippen LogP contribution in [0.1, 0.15) is 33.6 Å². The van der Waals surface area contributed by atoms with Gasteiger partial charge in [-0.2, -0.15) is 0 Å². The molecule has 0 aromatic heterocycles. The molecule has 1 rings (SSSR count). The predicted molar refractivity (Wildman–Crippen MR) is 52.9 cm³/mol. The van der Waals surface area contributed by atoms with Crippen LogP contribution in [0.5, 0.6) is 0 Å². The molecule has 1 fully saturated rings. The quantitative estimate of drug-likeness (QED) is 0.681. The molecule has 1 amide bonds. The van der Waals surface area contributed by atoms with Crippen LogP contribution in [0.4, 0.5) is 0 Å². The van der Waals surface area contributed by atoms with Crippen molar-refractivity contribution in [3.8, 4) is 0 Å². The highest BCUT2D eigenvalue weighted by Crippen LogP contribution is 2.14. The first-order chi connectivity index (χ1) is 6.39. The standard InChI is InChI=1S/C10H19NO3/c1-7-6-8(4-5-14-7)11-9(12)10(2,3)13/h7-8,13H,4-6H2,1-3H3,(H,11,12). The Balaban J connectivity index is 2.40. The lowest BCUT2D eigenvalue weighted by Crippen LogP contribution is -2.49. The van der Waals surface area contributed by atoms with E-state index in [-0.39, 0.29) is 18.1 Å². The van der Waals surface area contributed by atoms with Crippen molar-refractivity contribution < 1.29 is 14.6 Å². The molecular weight excluding hydrogens is 182 g/mol. The van der Waals surface area contributed by atoms with Gasteiger partial charge in [0.1, 0.15) is 5.60 Å². The molecule has 1 saturated heterocycles. The van der Waals surface area contributed by atoms with Crippen molar-refractivity contribution in [1.29, 1.82) is 0 Å². The lowest BCUT2D eigenvalue weighted by Gasteiger charge is -2.29. The van der Waals surface area contributed by atoms with E-state index in [0.717, 1.165) is 12.8 Å². The van der Waals surface area contributed by atoms with Crippen LogP contribution in [-0.2, 0) is 9.53 Å². The number of amides is 1. The number of rotatable bonds is 2. The van der Waals surface area contributed by atoms with Gasteiger partial charge in [-0.3, -0.25) is 4.79 Å². The number of carbonyl (C=O) groups excluding carboxylic acids is 1. The summed E-state index contributed by atoms with van der Waals surface area (Å²) in [6, 6.07) is 0.137. The first-order valence-corrected chi connectivity index (χ1v) is 5.04.